The number of aliphatic hydroxyl groups is 1. The number of ether oxygens (including phenoxy) is 3. The fraction of sp³-hybridized carbons (Fsp3) is 0.417. The van der Waals surface area contributed by atoms with Crippen molar-refractivity contribution in [2.45, 2.75) is 19.1 Å². The molecule has 1 saturated heterocycles. The van der Waals surface area contributed by atoms with Gasteiger partial charge in [-0.15, -0.1) is 0 Å². The summed E-state index contributed by atoms with van der Waals surface area (Å²) in [4.78, 5) is 11.3. The van der Waals surface area contributed by atoms with E-state index < -0.39 is 6.10 Å². The van der Waals surface area contributed by atoms with Crippen LogP contribution >= 0.6 is 0 Å². The van der Waals surface area contributed by atoms with Crippen LogP contribution in [0.15, 0.2) is 18.2 Å². The maximum atomic E-state index is 11.3. The second kappa shape index (κ2) is 5.05. The molecule has 1 aromatic carbocycles. The Morgan fingerprint density at radius 3 is 2.88 bits per heavy atom. The molecule has 0 saturated carbocycles. The van der Waals surface area contributed by atoms with Crippen molar-refractivity contribution in [2.24, 2.45) is 0 Å². The van der Waals surface area contributed by atoms with Crippen LogP contribution in [0.3, 0.4) is 0 Å². The molecule has 1 aliphatic rings. The van der Waals surface area contributed by atoms with Crippen LogP contribution in [0, 0.1) is 0 Å². The molecule has 1 unspecified atom stereocenters. The molecule has 2 rings (SSSR count). The van der Waals surface area contributed by atoms with Gasteiger partial charge in [0.1, 0.15) is 0 Å². The molecular weight excluding hydrogens is 224 g/mol. The van der Waals surface area contributed by atoms with Crippen molar-refractivity contribution in [2.75, 3.05) is 13.7 Å². The minimum atomic E-state index is -0.585. The molecule has 92 valence electrons. The first-order valence-electron chi connectivity index (χ1n) is 5.35. The maximum absolute atomic E-state index is 11.3. The summed E-state index contributed by atoms with van der Waals surface area (Å²) in [5.74, 6) is 0.617. The van der Waals surface area contributed by atoms with Crippen molar-refractivity contribution >= 4 is 5.97 Å². The van der Waals surface area contributed by atoms with Crippen LogP contribution in [0.25, 0.3) is 0 Å². The van der Waals surface area contributed by atoms with Gasteiger partial charge in [0.25, 0.3) is 0 Å². The molecule has 1 atom stereocenters. The Balaban J connectivity index is 2.20. The van der Waals surface area contributed by atoms with Crippen LogP contribution < -0.4 is 9.47 Å². The number of cyclic esters (lactones) is 1. The number of carbonyl (C=O) groups excluding carboxylic acids is 1. The highest BCUT2D eigenvalue weighted by Gasteiger charge is 2.29. The third-order valence-corrected chi connectivity index (χ3v) is 2.57. The van der Waals surface area contributed by atoms with Gasteiger partial charge in [0.05, 0.1) is 20.3 Å². The van der Waals surface area contributed by atoms with Crippen molar-refractivity contribution in [1.29, 1.82) is 0 Å². The Hall–Kier alpha value is -1.75. The average Bonchev–Trinajstić information content (AvgIpc) is 2.75. The van der Waals surface area contributed by atoms with Crippen LogP contribution in [0.5, 0.6) is 11.5 Å². The maximum Gasteiger partial charge on any atom is 0.347 e. The van der Waals surface area contributed by atoms with E-state index in [9.17, 15) is 4.79 Å². The highest BCUT2D eigenvalue weighted by molar-refractivity contribution is 5.77. The minimum absolute atomic E-state index is 0.0878. The number of rotatable bonds is 4. The van der Waals surface area contributed by atoms with Gasteiger partial charge in [0, 0.05) is 6.42 Å². The number of aliphatic hydroxyl groups excluding tert-OH is 1. The number of hydrogen-bond acceptors (Lipinski definition) is 5. The van der Waals surface area contributed by atoms with E-state index in [1.807, 2.05) is 0 Å². The first-order valence-corrected chi connectivity index (χ1v) is 5.35. The Bertz CT molecular complexity index is 415. The van der Waals surface area contributed by atoms with Crippen LogP contribution in [0.1, 0.15) is 12.0 Å². The molecule has 0 aliphatic carbocycles. The molecule has 1 aromatic rings. The van der Waals surface area contributed by atoms with Crippen LogP contribution in [0.2, 0.25) is 0 Å². The van der Waals surface area contributed by atoms with Crippen LogP contribution in [-0.4, -0.2) is 30.9 Å². The van der Waals surface area contributed by atoms with Crippen molar-refractivity contribution in [1.82, 2.24) is 0 Å². The molecule has 1 fully saturated rings. The smallest absolute Gasteiger partial charge is 0.347 e. The van der Waals surface area contributed by atoms with Crippen LogP contribution in [0.4, 0.5) is 0 Å². The molecule has 17 heavy (non-hydrogen) atoms. The van der Waals surface area contributed by atoms with E-state index in [0.717, 1.165) is 0 Å². The summed E-state index contributed by atoms with van der Waals surface area (Å²) in [7, 11) is 1.52. The zero-order valence-corrected chi connectivity index (χ0v) is 9.51. The Kier molecular flexibility index (Phi) is 3.49. The second-order valence-electron chi connectivity index (χ2n) is 3.71. The zero-order chi connectivity index (χ0) is 12.3. The topological polar surface area (TPSA) is 65.0 Å². The summed E-state index contributed by atoms with van der Waals surface area (Å²) in [5, 5.41) is 9.05. The van der Waals surface area contributed by atoms with E-state index in [0.29, 0.717) is 30.1 Å². The van der Waals surface area contributed by atoms with Gasteiger partial charge in [-0.3, -0.25) is 0 Å². The lowest BCUT2D eigenvalue weighted by atomic mass is 10.2. The molecule has 1 aliphatic heterocycles. The monoisotopic (exact) mass is 238 g/mol. The predicted molar refractivity (Wildman–Crippen MR) is 58.9 cm³/mol. The predicted octanol–water partition coefficient (Wildman–Crippen LogP) is 0.882. The van der Waals surface area contributed by atoms with Gasteiger partial charge >= 0.3 is 5.97 Å². The third kappa shape index (κ3) is 2.50. The van der Waals surface area contributed by atoms with E-state index in [-0.39, 0.29) is 12.6 Å². The van der Waals surface area contributed by atoms with Gasteiger partial charge in [-0.05, 0) is 17.7 Å². The lowest BCUT2D eigenvalue weighted by molar-refractivity contribution is -0.143. The van der Waals surface area contributed by atoms with Gasteiger partial charge in [-0.1, -0.05) is 6.07 Å². The second-order valence-corrected chi connectivity index (χ2v) is 3.71. The van der Waals surface area contributed by atoms with E-state index in [1.165, 1.54) is 7.11 Å². The molecule has 0 spiro atoms. The van der Waals surface area contributed by atoms with E-state index in [4.69, 9.17) is 19.3 Å². The fourth-order valence-corrected chi connectivity index (χ4v) is 1.65. The lowest BCUT2D eigenvalue weighted by Crippen LogP contribution is -2.22. The minimum Gasteiger partial charge on any atom is -0.493 e. The average molecular weight is 238 g/mol. The standard InChI is InChI=1S/C12H14O5/c1-15-9-3-2-8(7-13)6-11(9)17-10-4-5-16-12(10)14/h2-3,6,10,13H,4-5,7H2,1H3. The normalized spacial score (nSPS) is 18.9. The summed E-state index contributed by atoms with van der Waals surface area (Å²) in [5.41, 5.74) is 0.701. The quantitative estimate of drug-likeness (QED) is 0.789. The van der Waals surface area contributed by atoms with Crippen molar-refractivity contribution in [3.05, 3.63) is 23.8 Å². The molecule has 0 amide bonds. The zero-order valence-electron chi connectivity index (χ0n) is 9.51. The Morgan fingerprint density at radius 1 is 1.47 bits per heavy atom. The number of esters is 1. The molecule has 1 heterocycles. The summed E-state index contributed by atoms with van der Waals surface area (Å²) in [6, 6.07) is 5.09. The van der Waals surface area contributed by atoms with Gasteiger partial charge in [-0.2, -0.15) is 0 Å². The lowest BCUT2D eigenvalue weighted by Gasteiger charge is -2.14. The number of benzene rings is 1. The van der Waals surface area contributed by atoms with Gasteiger partial charge < -0.3 is 19.3 Å². The van der Waals surface area contributed by atoms with Gasteiger partial charge in [-0.25, -0.2) is 4.79 Å². The highest BCUT2D eigenvalue weighted by Crippen LogP contribution is 2.30. The fourth-order valence-electron chi connectivity index (χ4n) is 1.65. The van der Waals surface area contributed by atoms with Gasteiger partial charge in [0.15, 0.2) is 17.6 Å². The molecule has 1 N–H and O–H groups in total. The third-order valence-electron chi connectivity index (χ3n) is 2.57. The summed E-state index contributed by atoms with van der Waals surface area (Å²) < 4.78 is 15.5. The molecule has 5 heteroatoms. The first kappa shape index (κ1) is 11.7. The van der Waals surface area contributed by atoms with E-state index >= 15 is 0 Å². The Labute approximate surface area is 98.9 Å². The van der Waals surface area contributed by atoms with Gasteiger partial charge in [0.2, 0.25) is 0 Å². The van der Waals surface area contributed by atoms with Crippen LogP contribution in [-0.2, 0) is 16.1 Å². The number of methoxy groups -OCH3 is 1. The van der Waals surface area contributed by atoms with Crippen molar-refractivity contribution in [3.63, 3.8) is 0 Å². The first-order chi connectivity index (χ1) is 8.24. The summed E-state index contributed by atoms with van der Waals surface area (Å²) in [6.45, 7) is 0.293. The number of carbonyl (C=O) groups is 1. The van der Waals surface area contributed by atoms with Crippen molar-refractivity contribution in [3.8, 4) is 11.5 Å². The molecule has 5 nitrogen and oxygen atoms in total. The van der Waals surface area contributed by atoms with E-state index in [1.54, 1.807) is 18.2 Å². The molecule has 0 aromatic heterocycles. The summed E-state index contributed by atoms with van der Waals surface area (Å²) >= 11 is 0. The number of hydrogen-bond donors (Lipinski definition) is 1. The molecule has 0 radical (unpaired) electrons. The Morgan fingerprint density at radius 2 is 2.29 bits per heavy atom. The van der Waals surface area contributed by atoms with Crippen molar-refractivity contribution < 1.29 is 24.1 Å². The molecule has 0 bridgehead atoms. The largest absolute Gasteiger partial charge is 0.493 e. The van der Waals surface area contributed by atoms with E-state index in [2.05, 4.69) is 0 Å². The highest BCUT2D eigenvalue weighted by atomic mass is 16.6. The molecular formula is C12H14O5. The SMILES string of the molecule is COc1ccc(CO)cc1OC1CCOC1=O. The summed E-state index contributed by atoms with van der Waals surface area (Å²) in [6.07, 6.45) is -0.0523.